The molecule has 0 aromatic rings. The van der Waals surface area contributed by atoms with Crippen LogP contribution >= 0.6 is 0 Å². The van der Waals surface area contributed by atoms with Gasteiger partial charge in [-0.15, -0.1) is 0 Å². The first-order valence-electron chi connectivity index (χ1n) is 7.59. The van der Waals surface area contributed by atoms with Gasteiger partial charge in [0.2, 0.25) is 5.91 Å². The number of amides is 1. The Balaban J connectivity index is 1.61. The van der Waals surface area contributed by atoms with Gasteiger partial charge in [-0.25, -0.2) is 0 Å². The molecule has 0 aromatic heterocycles. The third kappa shape index (κ3) is 5.47. The molecule has 1 unspecified atom stereocenters. The molecule has 1 aliphatic carbocycles. The van der Waals surface area contributed by atoms with Crippen LogP contribution in [0.2, 0.25) is 0 Å². The lowest BCUT2D eigenvalue weighted by Crippen LogP contribution is -2.44. The molecule has 122 valence electrons. The summed E-state index contributed by atoms with van der Waals surface area (Å²) in [6.07, 6.45) is -2.27. The second-order valence-electron chi connectivity index (χ2n) is 5.99. The highest BCUT2D eigenvalue weighted by Gasteiger charge is 2.41. The predicted octanol–water partition coefficient (Wildman–Crippen LogP) is 1.85. The van der Waals surface area contributed by atoms with Crippen LogP contribution in [0.3, 0.4) is 0 Å². The minimum atomic E-state index is -4.07. The van der Waals surface area contributed by atoms with E-state index in [1.54, 1.807) is 0 Å². The van der Waals surface area contributed by atoms with Crippen LogP contribution in [0.1, 0.15) is 32.1 Å². The molecule has 2 rings (SSSR count). The summed E-state index contributed by atoms with van der Waals surface area (Å²) in [5.74, 6) is -1.05. The van der Waals surface area contributed by atoms with Crippen molar-refractivity contribution in [2.45, 2.75) is 44.3 Å². The molecule has 1 heterocycles. The van der Waals surface area contributed by atoms with Crippen LogP contribution < -0.4 is 10.6 Å². The molecule has 1 saturated carbocycles. The number of nitrogens with one attached hydrogen (secondary N) is 2. The summed E-state index contributed by atoms with van der Waals surface area (Å²) in [6.45, 7) is 2.43. The normalized spacial score (nSPS) is 30.9. The van der Waals surface area contributed by atoms with Crippen molar-refractivity contribution in [2.75, 3.05) is 26.3 Å². The quantitative estimate of drug-likeness (QED) is 0.833. The van der Waals surface area contributed by atoms with Crippen molar-refractivity contribution in [3.8, 4) is 0 Å². The molecule has 21 heavy (non-hydrogen) atoms. The fourth-order valence-corrected chi connectivity index (χ4v) is 3.00. The van der Waals surface area contributed by atoms with Crippen molar-refractivity contribution in [1.82, 2.24) is 10.6 Å². The Hall–Kier alpha value is -0.820. The molecular weight excluding hydrogens is 285 g/mol. The van der Waals surface area contributed by atoms with Gasteiger partial charge in [0.25, 0.3) is 0 Å². The number of hydrogen-bond acceptors (Lipinski definition) is 3. The van der Waals surface area contributed by atoms with Gasteiger partial charge >= 0.3 is 6.18 Å². The average molecular weight is 308 g/mol. The van der Waals surface area contributed by atoms with Crippen LogP contribution in [0.15, 0.2) is 0 Å². The molecule has 1 aliphatic heterocycles. The van der Waals surface area contributed by atoms with Crippen molar-refractivity contribution in [3.05, 3.63) is 0 Å². The van der Waals surface area contributed by atoms with E-state index in [0.717, 1.165) is 6.54 Å². The predicted molar refractivity (Wildman–Crippen MR) is 71.7 cm³/mol. The molecule has 1 saturated heterocycles. The highest BCUT2D eigenvalue weighted by molar-refractivity contribution is 5.76. The lowest BCUT2D eigenvalue weighted by Gasteiger charge is -2.30. The second-order valence-corrected chi connectivity index (χ2v) is 5.99. The van der Waals surface area contributed by atoms with Gasteiger partial charge in [0, 0.05) is 25.6 Å². The molecular formula is C14H23F3N2O2. The zero-order valence-electron chi connectivity index (χ0n) is 12.0. The molecule has 2 aliphatic rings. The van der Waals surface area contributed by atoms with Gasteiger partial charge in [-0.05, 0) is 31.6 Å². The largest absolute Gasteiger partial charge is 0.391 e. The number of rotatable bonds is 4. The summed E-state index contributed by atoms with van der Waals surface area (Å²) >= 11 is 0. The van der Waals surface area contributed by atoms with Crippen LogP contribution in [-0.2, 0) is 9.53 Å². The Labute approximate surface area is 122 Å². The van der Waals surface area contributed by atoms with Gasteiger partial charge in [-0.1, -0.05) is 0 Å². The summed E-state index contributed by atoms with van der Waals surface area (Å²) in [5.41, 5.74) is 0. The minimum absolute atomic E-state index is 0.0414. The number of halogens is 3. The van der Waals surface area contributed by atoms with Gasteiger partial charge in [0.15, 0.2) is 0 Å². The highest BCUT2D eigenvalue weighted by atomic mass is 19.4. The number of alkyl halides is 3. The second kappa shape index (κ2) is 7.45. The smallest absolute Gasteiger partial charge is 0.378 e. The van der Waals surface area contributed by atoms with E-state index < -0.39 is 12.1 Å². The summed E-state index contributed by atoms with van der Waals surface area (Å²) in [6, 6.07) is 0.0414. The SMILES string of the molecule is O=C(CC1COCCN1)NCC1CCC(C(F)(F)F)CC1. The van der Waals surface area contributed by atoms with Crippen LogP contribution in [0, 0.1) is 11.8 Å². The molecule has 1 amide bonds. The van der Waals surface area contributed by atoms with E-state index in [1.165, 1.54) is 0 Å². The van der Waals surface area contributed by atoms with Gasteiger partial charge in [-0.3, -0.25) is 4.79 Å². The lowest BCUT2D eigenvalue weighted by atomic mass is 9.81. The van der Waals surface area contributed by atoms with E-state index >= 15 is 0 Å². The fourth-order valence-electron chi connectivity index (χ4n) is 3.00. The molecule has 1 atom stereocenters. The summed E-state index contributed by atoms with van der Waals surface area (Å²) in [7, 11) is 0. The zero-order chi connectivity index (χ0) is 15.3. The van der Waals surface area contributed by atoms with Crippen LogP contribution in [0.25, 0.3) is 0 Å². The number of ether oxygens (including phenoxy) is 1. The molecule has 2 N–H and O–H groups in total. The fraction of sp³-hybridized carbons (Fsp3) is 0.929. The highest BCUT2D eigenvalue weighted by Crippen LogP contribution is 2.39. The first-order valence-corrected chi connectivity index (χ1v) is 7.59. The van der Waals surface area contributed by atoms with E-state index in [1.807, 2.05) is 0 Å². The Bertz CT molecular complexity index is 336. The third-order valence-corrected chi connectivity index (χ3v) is 4.33. The maximum atomic E-state index is 12.6. The van der Waals surface area contributed by atoms with E-state index in [0.29, 0.717) is 39.0 Å². The van der Waals surface area contributed by atoms with Gasteiger partial charge in [0.05, 0.1) is 19.1 Å². The van der Waals surface area contributed by atoms with E-state index in [2.05, 4.69) is 10.6 Å². The van der Waals surface area contributed by atoms with E-state index in [4.69, 9.17) is 4.74 Å². The van der Waals surface area contributed by atoms with E-state index in [-0.39, 0.29) is 30.7 Å². The molecule has 4 nitrogen and oxygen atoms in total. The first kappa shape index (κ1) is 16.5. The van der Waals surface area contributed by atoms with Gasteiger partial charge in [-0.2, -0.15) is 13.2 Å². The molecule has 0 radical (unpaired) electrons. The number of morpholine rings is 1. The summed E-state index contributed by atoms with van der Waals surface area (Å²) in [4.78, 5) is 11.8. The Morgan fingerprint density at radius 2 is 1.95 bits per heavy atom. The van der Waals surface area contributed by atoms with Crippen LogP contribution in [0.4, 0.5) is 13.2 Å². The average Bonchev–Trinajstić information content (AvgIpc) is 2.46. The standard InChI is InChI=1S/C14H23F3N2O2/c15-14(16,17)11-3-1-10(2-4-11)8-19-13(20)7-12-9-21-6-5-18-12/h10-12,18H,1-9H2,(H,19,20). The topological polar surface area (TPSA) is 50.4 Å². The van der Waals surface area contributed by atoms with Crippen molar-refractivity contribution in [3.63, 3.8) is 0 Å². The lowest BCUT2D eigenvalue weighted by molar-refractivity contribution is -0.183. The maximum absolute atomic E-state index is 12.6. The Morgan fingerprint density at radius 3 is 2.52 bits per heavy atom. The molecule has 0 spiro atoms. The molecule has 0 bridgehead atoms. The maximum Gasteiger partial charge on any atom is 0.391 e. The monoisotopic (exact) mass is 308 g/mol. The summed E-state index contributed by atoms with van der Waals surface area (Å²) < 4.78 is 42.9. The number of carbonyl (C=O) groups excluding carboxylic acids is 1. The summed E-state index contributed by atoms with van der Waals surface area (Å²) in [5, 5.41) is 6.04. The van der Waals surface area contributed by atoms with Gasteiger partial charge in [0.1, 0.15) is 0 Å². The zero-order valence-corrected chi connectivity index (χ0v) is 12.0. The number of carbonyl (C=O) groups is 1. The molecule has 0 aromatic carbocycles. The van der Waals surface area contributed by atoms with E-state index in [9.17, 15) is 18.0 Å². The molecule has 2 fully saturated rings. The number of hydrogen-bond donors (Lipinski definition) is 2. The first-order chi connectivity index (χ1) is 9.95. The van der Waals surface area contributed by atoms with Crippen LogP contribution in [-0.4, -0.2) is 44.4 Å². The van der Waals surface area contributed by atoms with Gasteiger partial charge < -0.3 is 15.4 Å². The van der Waals surface area contributed by atoms with Crippen molar-refractivity contribution >= 4 is 5.91 Å². The van der Waals surface area contributed by atoms with Crippen LogP contribution in [0.5, 0.6) is 0 Å². The third-order valence-electron chi connectivity index (χ3n) is 4.33. The Morgan fingerprint density at radius 1 is 1.24 bits per heavy atom. The van der Waals surface area contributed by atoms with Crippen molar-refractivity contribution in [1.29, 1.82) is 0 Å². The minimum Gasteiger partial charge on any atom is -0.378 e. The Kier molecular flexibility index (Phi) is 5.87. The molecule has 7 heteroatoms. The van der Waals surface area contributed by atoms with Crippen molar-refractivity contribution < 1.29 is 22.7 Å². The van der Waals surface area contributed by atoms with Crippen molar-refractivity contribution in [2.24, 2.45) is 11.8 Å².